The molecule has 1 amide bonds. The summed E-state index contributed by atoms with van der Waals surface area (Å²) in [5, 5.41) is 8.68. The number of nitrogens with zero attached hydrogens (tertiary/aromatic N) is 2. The van der Waals surface area contributed by atoms with Gasteiger partial charge in [-0.25, -0.2) is 0 Å². The van der Waals surface area contributed by atoms with E-state index in [4.69, 9.17) is 5.10 Å². The van der Waals surface area contributed by atoms with Crippen molar-refractivity contribution in [1.29, 1.82) is 0 Å². The lowest BCUT2D eigenvalue weighted by atomic mass is 9.78. The van der Waals surface area contributed by atoms with Gasteiger partial charge in [-0.1, -0.05) is 36.4 Å². The van der Waals surface area contributed by atoms with Gasteiger partial charge in [0.05, 0.1) is 5.52 Å². The molecule has 5 nitrogen and oxygen atoms in total. The van der Waals surface area contributed by atoms with Gasteiger partial charge in [-0.05, 0) is 32.3 Å². The fourth-order valence-corrected chi connectivity index (χ4v) is 4.10. The summed E-state index contributed by atoms with van der Waals surface area (Å²) in [6, 6.07) is 13.2. The molecule has 130 valence electrons. The molecule has 5 rings (SSSR count). The van der Waals surface area contributed by atoms with Crippen LogP contribution in [0.3, 0.4) is 0 Å². The molecule has 26 heavy (non-hydrogen) atoms. The molecule has 0 atom stereocenters. The number of amides is 1. The Bertz CT molecular complexity index is 1080. The van der Waals surface area contributed by atoms with E-state index in [0.29, 0.717) is 11.1 Å². The summed E-state index contributed by atoms with van der Waals surface area (Å²) >= 11 is 0. The summed E-state index contributed by atoms with van der Waals surface area (Å²) in [5.41, 5.74) is 3.71. The maximum absolute atomic E-state index is 12.8. The van der Waals surface area contributed by atoms with Gasteiger partial charge in [0.15, 0.2) is 5.78 Å². The first-order valence-corrected chi connectivity index (χ1v) is 9.00. The third kappa shape index (κ3) is 2.13. The van der Waals surface area contributed by atoms with Gasteiger partial charge in [-0.15, -0.1) is 0 Å². The highest BCUT2D eigenvalue weighted by atomic mass is 16.2. The smallest absolute Gasteiger partial charge is 0.242 e. The molecule has 2 aromatic carbocycles. The largest absolute Gasteiger partial charge is 0.349 e. The van der Waals surface area contributed by atoms with Crippen molar-refractivity contribution in [2.24, 2.45) is 0 Å². The molecule has 0 unspecified atom stereocenters. The van der Waals surface area contributed by atoms with Gasteiger partial charge < -0.3 is 5.32 Å². The molecule has 0 saturated heterocycles. The van der Waals surface area contributed by atoms with Gasteiger partial charge in [0.2, 0.25) is 5.91 Å². The minimum Gasteiger partial charge on any atom is -0.349 e. The minimum atomic E-state index is -0.0788. The molecule has 5 heteroatoms. The second-order valence-corrected chi connectivity index (χ2v) is 7.54. The average molecular weight is 345 g/mol. The highest BCUT2D eigenvalue weighted by Gasteiger charge is 2.34. The van der Waals surface area contributed by atoms with E-state index in [1.54, 1.807) is 4.68 Å². The van der Waals surface area contributed by atoms with Crippen molar-refractivity contribution in [2.45, 2.75) is 38.3 Å². The molecule has 3 aromatic rings. The predicted molar refractivity (Wildman–Crippen MR) is 99.0 cm³/mol. The van der Waals surface area contributed by atoms with Gasteiger partial charge in [0.1, 0.15) is 12.2 Å². The molecule has 1 fully saturated rings. The number of hydrogen-bond donors (Lipinski definition) is 1. The lowest BCUT2D eigenvalue weighted by Gasteiger charge is -2.39. The zero-order chi connectivity index (χ0) is 17.9. The molecular formula is C21H19N3O2. The van der Waals surface area contributed by atoms with Gasteiger partial charge in [0.25, 0.3) is 0 Å². The Hall–Kier alpha value is -2.95. The normalized spacial score (nSPS) is 16.9. The molecule has 0 aliphatic heterocycles. The van der Waals surface area contributed by atoms with E-state index in [9.17, 15) is 9.59 Å². The Labute approximate surface area is 151 Å². The lowest BCUT2D eigenvalue weighted by molar-refractivity contribution is -0.124. The number of ketones is 1. The Kier molecular flexibility index (Phi) is 3.11. The summed E-state index contributed by atoms with van der Waals surface area (Å²) < 4.78 is 1.72. The molecule has 0 spiro atoms. The van der Waals surface area contributed by atoms with Crippen molar-refractivity contribution in [3.63, 3.8) is 0 Å². The van der Waals surface area contributed by atoms with Crippen LogP contribution in [0, 0.1) is 0 Å². The van der Waals surface area contributed by atoms with E-state index in [-0.39, 0.29) is 23.8 Å². The fourth-order valence-electron chi connectivity index (χ4n) is 4.10. The topological polar surface area (TPSA) is 64.0 Å². The van der Waals surface area contributed by atoms with Crippen LogP contribution in [0.4, 0.5) is 0 Å². The van der Waals surface area contributed by atoms with Gasteiger partial charge in [0, 0.05) is 27.6 Å². The predicted octanol–water partition coefficient (Wildman–Crippen LogP) is 3.31. The number of rotatable bonds is 3. The summed E-state index contributed by atoms with van der Waals surface area (Å²) in [6.45, 7) is 2.24. The zero-order valence-electron chi connectivity index (χ0n) is 14.6. The van der Waals surface area contributed by atoms with E-state index in [2.05, 4.69) is 12.2 Å². The maximum atomic E-state index is 12.8. The molecule has 1 aromatic heterocycles. The van der Waals surface area contributed by atoms with Crippen LogP contribution in [0.2, 0.25) is 0 Å². The van der Waals surface area contributed by atoms with Crippen molar-refractivity contribution in [2.75, 3.05) is 0 Å². The Morgan fingerprint density at radius 2 is 1.85 bits per heavy atom. The summed E-state index contributed by atoms with van der Waals surface area (Å²) in [6.07, 6.45) is 3.21. The van der Waals surface area contributed by atoms with Crippen LogP contribution < -0.4 is 5.32 Å². The van der Waals surface area contributed by atoms with Gasteiger partial charge >= 0.3 is 0 Å². The van der Waals surface area contributed by atoms with E-state index in [0.717, 1.165) is 41.4 Å². The Balaban J connectivity index is 1.60. The van der Waals surface area contributed by atoms with Crippen LogP contribution in [0.1, 0.15) is 42.1 Å². The Morgan fingerprint density at radius 1 is 1.12 bits per heavy atom. The molecule has 0 bridgehead atoms. The van der Waals surface area contributed by atoms with Crippen LogP contribution in [0.25, 0.3) is 22.2 Å². The molecule has 2 aliphatic carbocycles. The van der Waals surface area contributed by atoms with Crippen molar-refractivity contribution in [3.05, 3.63) is 53.6 Å². The molecule has 1 saturated carbocycles. The minimum absolute atomic E-state index is 0.0182. The quantitative estimate of drug-likeness (QED) is 0.620. The number of fused-ring (bicyclic) bond motifs is 2. The monoisotopic (exact) mass is 345 g/mol. The van der Waals surface area contributed by atoms with Crippen LogP contribution >= 0.6 is 0 Å². The highest BCUT2D eigenvalue weighted by molar-refractivity contribution is 6.25. The third-order valence-corrected chi connectivity index (χ3v) is 5.64. The van der Waals surface area contributed by atoms with Crippen LogP contribution in [-0.4, -0.2) is 27.0 Å². The maximum Gasteiger partial charge on any atom is 0.242 e. The number of aromatic nitrogens is 2. The Morgan fingerprint density at radius 3 is 2.58 bits per heavy atom. The van der Waals surface area contributed by atoms with Gasteiger partial charge in [-0.2, -0.15) is 5.10 Å². The van der Waals surface area contributed by atoms with Crippen molar-refractivity contribution < 1.29 is 9.59 Å². The fraction of sp³-hybridized carbons (Fsp3) is 0.286. The standard InChI is InChI=1S/C21H19N3O2/c1-21(10-5-11-21)22-17(25)12-24-16-9-4-8-15-18(16)19(23-24)13-6-2-3-7-14(13)20(15)26/h2-4,6-9H,5,10-12H2,1H3,(H,22,25). The average Bonchev–Trinajstić information content (AvgIpc) is 2.98. The lowest BCUT2D eigenvalue weighted by Crippen LogP contribution is -2.51. The summed E-state index contributed by atoms with van der Waals surface area (Å²) in [4.78, 5) is 25.4. The van der Waals surface area contributed by atoms with Gasteiger partial charge in [-0.3, -0.25) is 14.3 Å². The van der Waals surface area contributed by atoms with Crippen molar-refractivity contribution in [1.82, 2.24) is 15.1 Å². The summed E-state index contributed by atoms with van der Waals surface area (Å²) in [7, 11) is 0. The number of hydrogen-bond acceptors (Lipinski definition) is 3. The highest BCUT2D eigenvalue weighted by Crippen LogP contribution is 2.38. The number of carbonyl (C=O) groups is 2. The van der Waals surface area contributed by atoms with E-state index < -0.39 is 0 Å². The number of carbonyl (C=O) groups excluding carboxylic acids is 2. The van der Waals surface area contributed by atoms with E-state index >= 15 is 0 Å². The van der Waals surface area contributed by atoms with E-state index in [1.165, 1.54) is 0 Å². The van der Waals surface area contributed by atoms with E-state index in [1.807, 2.05) is 42.5 Å². The SMILES string of the molecule is CC1(NC(=O)Cn2nc3c4c(cccc42)C(=O)c2ccccc2-3)CCC1. The number of benzene rings is 2. The molecule has 0 radical (unpaired) electrons. The second-order valence-electron chi connectivity index (χ2n) is 7.54. The molecule has 1 N–H and O–H groups in total. The zero-order valence-corrected chi connectivity index (χ0v) is 14.6. The van der Waals surface area contributed by atoms with Crippen LogP contribution in [-0.2, 0) is 11.3 Å². The first kappa shape index (κ1) is 15.3. The first-order chi connectivity index (χ1) is 12.6. The number of nitrogens with one attached hydrogen (secondary N) is 1. The molecule has 1 heterocycles. The summed E-state index contributed by atoms with van der Waals surface area (Å²) in [5.74, 6) is -0.0166. The van der Waals surface area contributed by atoms with Crippen molar-refractivity contribution in [3.8, 4) is 11.3 Å². The molecule has 2 aliphatic rings. The van der Waals surface area contributed by atoms with Crippen molar-refractivity contribution >= 4 is 22.6 Å². The second kappa shape index (κ2) is 5.27. The molecular weight excluding hydrogens is 326 g/mol. The first-order valence-electron chi connectivity index (χ1n) is 9.00. The van der Waals surface area contributed by atoms with Crippen LogP contribution in [0.5, 0.6) is 0 Å². The van der Waals surface area contributed by atoms with Crippen LogP contribution in [0.15, 0.2) is 42.5 Å². The third-order valence-electron chi connectivity index (χ3n) is 5.64.